The van der Waals surface area contributed by atoms with Gasteiger partial charge < -0.3 is 23.8 Å². The van der Waals surface area contributed by atoms with Crippen molar-refractivity contribution in [3.8, 4) is 5.75 Å². The molecule has 2 atom stereocenters. The van der Waals surface area contributed by atoms with E-state index in [2.05, 4.69) is 14.9 Å². The maximum Gasteiger partial charge on any atom is 0.573 e. The van der Waals surface area contributed by atoms with Crippen molar-refractivity contribution in [2.75, 3.05) is 39.4 Å². The first kappa shape index (κ1) is 22.9. The molecule has 34 heavy (non-hydrogen) atoms. The molecule has 184 valence electrons. The molecular formula is C23H27F3N4O4. The molecule has 0 bridgehead atoms. The number of piperidine rings is 1. The van der Waals surface area contributed by atoms with Crippen molar-refractivity contribution in [2.45, 2.75) is 49.8 Å². The van der Waals surface area contributed by atoms with E-state index in [-0.39, 0.29) is 23.6 Å². The number of alkyl halides is 3. The summed E-state index contributed by atoms with van der Waals surface area (Å²) in [6.07, 6.45) is -0.815. The number of benzene rings is 1. The van der Waals surface area contributed by atoms with Gasteiger partial charge in [-0.25, -0.2) is 4.79 Å². The summed E-state index contributed by atoms with van der Waals surface area (Å²) in [6, 6.07) is 5.79. The van der Waals surface area contributed by atoms with Crippen molar-refractivity contribution in [3.05, 3.63) is 41.5 Å². The molecule has 2 unspecified atom stereocenters. The number of amides is 2. The van der Waals surface area contributed by atoms with Gasteiger partial charge in [0.25, 0.3) is 0 Å². The number of likely N-dealkylation sites (tertiary alicyclic amines) is 1. The molecular weight excluding hydrogens is 453 g/mol. The fourth-order valence-corrected chi connectivity index (χ4v) is 4.82. The summed E-state index contributed by atoms with van der Waals surface area (Å²) in [5.74, 6) is 1.06. The van der Waals surface area contributed by atoms with Gasteiger partial charge in [0, 0.05) is 38.0 Å². The number of ether oxygens (including phenoxy) is 2. The average molecular weight is 480 g/mol. The lowest BCUT2D eigenvalue weighted by molar-refractivity contribution is -0.274. The van der Waals surface area contributed by atoms with Crippen LogP contribution in [-0.2, 0) is 4.74 Å². The number of urea groups is 1. The number of hydrogen-bond acceptors (Lipinski definition) is 6. The third kappa shape index (κ3) is 5.13. The zero-order valence-corrected chi connectivity index (χ0v) is 18.7. The van der Waals surface area contributed by atoms with Crippen molar-refractivity contribution in [2.24, 2.45) is 0 Å². The Bertz CT molecular complexity index is 987. The van der Waals surface area contributed by atoms with E-state index in [1.165, 1.54) is 12.1 Å². The molecule has 2 amide bonds. The summed E-state index contributed by atoms with van der Waals surface area (Å²) in [5, 5.41) is 4.18. The van der Waals surface area contributed by atoms with E-state index < -0.39 is 6.36 Å². The predicted molar refractivity (Wildman–Crippen MR) is 113 cm³/mol. The highest BCUT2D eigenvalue weighted by Crippen LogP contribution is 2.39. The topological polar surface area (TPSA) is 80.9 Å². The van der Waals surface area contributed by atoms with Gasteiger partial charge in [-0.3, -0.25) is 0 Å². The highest BCUT2D eigenvalue weighted by molar-refractivity contribution is 5.75. The van der Waals surface area contributed by atoms with E-state index in [4.69, 9.17) is 9.26 Å². The van der Waals surface area contributed by atoms with E-state index in [1.54, 1.807) is 21.9 Å². The van der Waals surface area contributed by atoms with Crippen molar-refractivity contribution >= 4 is 6.03 Å². The Morgan fingerprint density at radius 3 is 2.35 bits per heavy atom. The zero-order chi connectivity index (χ0) is 23.7. The zero-order valence-electron chi connectivity index (χ0n) is 18.7. The maximum absolute atomic E-state index is 13.3. The fraction of sp³-hybridized carbons (Fsp3) is 0.609. The summed E-state index contributed by atoms with van der Waals surface area (Å²) in [6.45, 7) is 2.97. The predicted octanol–water partition coefficient (Wildman–Crippen LogP) is 4.26. The van der Waals surface area contributed by atoms with Crippen LogP contribution in [0.4, 0.5) is 18.0 Å². The van der Waals surface area contributed by atoms with Gasteiger partial charge in [0.2, 0.25) is 5.89 Å². The fourth-order valence-electron chi connectivity index (χ4n) is 4.82. The Labute approximate surface area is 195 Å². The minimum absolute atomic E-state index is 0.0752. The lowest BCUT2D eigenvalue weighted by Crippen LogP contribution is -2.52. The molecule has 0 N–H and O–H groups in total. The number of carbonyl (C=O) groups excluding carboxylic acids is 1. The van der Waals surface area contributed by atoms with E-state index >= 15 is 0 Å². The summed E-state index contributed by atoms with van der Waals surface area (Å²) < 4.78 is 52.6. The van der Waals surface area contributed by atoms with Crippen molar-refractivity contribution in [1.82, 2.24) is 19.9 Å². The highest BCUT2D eigenvalue weighted by atomic mass is 19.4. The van der Waals surface area contributed by atoms with Crippen LogP contribution in [0, 0.1) is 0 Å². The van der Waals surface area contributed by atoms with Crippen LogP contribution in [0.5, 0.6) is 5.75 Å². The van der Waals surface area contributed by atoms with Crippen LogP contribution >= 0.6 is 0 Å². The number of carbonyl (C=O) groups is 1. The number of rotatable bonds is 4. The SMILES string of the molecule is O=C(N1CCOCC1)N1CC(c2ccc(OC(F)(F)F)cc2)CC(c2nc(C3CCC3)no2)C1. The molecule has 5 rings (SSSR count). The van der Waals surface area contributed by atoms with Crippen molar-refractivity contribution < 1.29 is 32.0 Å². The molecule has 8 nitrogen and oxygen atoms in total. The van der Waals surface area contributed by atoms with Crippen molar-refractivity contribution in [1.29, 1.82) is 0 Å². The van der Waals surface area contributed by atoms with E-state index in [9.17, 15) is 18.0 Å². The smallest absolute Gasteiger partial charge is 0.406 e. The normalized spacial score (nSPS) is 24.1. The van der Waals surface area contributed by atoms with Crippen LogP contribution in [0.3, 0.4) is 0 Å². The molecule has 3 fully saturated rings. The second kappa shape index (κ2) is 9.44. The van der Waals surface area contributed by atoms with Gasteiger partial charge >= 0.3 is 12.4 Å². The van der Waals surface area contributed by atoms with Gasteiger partial charge in [-0.15, -0.1) is 13.2 Å². The van der Waals surface area contributed by atoms with Crippen LogP contribution in [0.15, 0.2) is 28.8 Å². The molecule has 0 radical (unpaired) electrons. The van der Waals surface area contributed by atoms with Crippen LogP contribution in [-0.4, -0.2) is 71.7 Å². The molecule has 3 aliphatic rings. The Balaban J connectivity index is 1.36. The van der Waals surface area contributed by atoms with Gasteiger partial charge in [0.1, 0.15) is 5.75 Å². The number of hydrogen-bond donors (Lipinski definition) is 0. The monoisotopic (exact) mass is 480 g/mol. The van der Waals surface area contributed by atoms with Crippen LogP contribution in [0.25, 0.3) is 0 Å². The summed E-state index contributed by atoms with van der Waals surface area (Å²) in [4.78, 5) is 21.5. The first-order valence-electron chi connectivity index (χ1n) is 11.7. The van der Waals surface area contributed by atoms with Crippen LogP contribution in [0.2, 0.25) is 0 Å². The van der Waals surface area contributed by atoms with Gasteiger partial charge in [-0.05, 0) is 37.0 Å². The molecule has 1 aliphatic carbocycles. The van der Waals surface area contributed by atoms with Gasteiger partial charge in [0.05, 0.1) is 19.1 Å². The Hall–Kier alpha value is -2.82. The molecule has 1 aromatic carbocycles. The van der Waals surface area contributed by atoms with Gasteiger partial charge in [0.15, 0.2) is 5.82 Å². The summed E-state index contributed by atoms with van der Waals surface area (Å²) in [5.41, 5.74) is 0.831. The second-order valence-corrected chi connectivity index (χ2v) is 9.15. The molecule has 1 saturated carbocycles. The third-order valence-electron chi connectivity index (χ3n) is 6.86. The van der Waals surface area contributed by atoms with E-state index in [0.717, 1.165) is 30.7 Å². The van der Waals surface area contributed by atoms with Crippen molar-refractivity contribution in [3.63, 3.8) is 0 Å². The second-order valence-electron chi connectivity index (χ2n) is 9.15. The Morgan fingerprint density at radius 2 is 1.71 bits per heavy atom. The Kier molecular flexibility index (Phi) is 6.37. The molecule has 2 aromatic rings. The first-order valence-corrected chi connectivity index (χ1v) is 11.7. The van der Waals surface area contributed by atoms with E-state index in [1.807, 2.05) is 0 Å². The quantitative estimate of drug-likeness (QED) is 0.651. The molecule has 1 aromatic heterocycles. The van der Waals surface area contributed by atoms with Crippen LogP contribution in [0.1, 0.15) is 60.7 Å². The molecule has 0 spiro atoms. The lowest BCUT2D eigenvalue weighted by atomic mass is 9.84. The number of morpholine rings is 1. The molecule has 2 saturated heterocycles. The number of nitrogens with zero attached hydrogens (tertiary/aromatic N) is 4. The number of aromatic nitrogens is 2. The Morgan fingerprint density at radius 1 is 1.00 bits per heavy atom. The summed E-state index contributed by atoms with van der Waals surface area (Å²) in [7, 11) is 0. The first-order chi connectivity index (χ1) is 16.4. The van der Waals surface area contributed by atoms with Crippen LogP contribution < -0.4 is 4.74 Å². The lowest BCUT2D eigenvalue weighted by Gasteiger charge is -2.40. The average Bonchev–Trinajstić information content (AvgIpc) is 3.26. The largest absolute Gasteiger partial charge is 0.573 e. The van der Waals surface area contributed by atoms with Gasteiger partial charge in [-0.1, -0.05) is 23.7 Å². The minimum atomic E-state index is -4.74. The molecule has 3 heterocycles. The summed E-state index contributed by atoms with van der Waals surface area (Å²) >= 11 is 0. The maximum atomic E-state index is 13.3. The molecule has 2 aliphatic heterocycles. The minimum Gasteiger partial charge on any atom is -0.406 e. The van der Waals surface area contributed by atoms with E-state index in [0.29, 0.717) is 57.6 Å². The van der Waals surface area contributed by atoms with Gasteiger partial charge in [-0.2, -0.15) is 4.98 Å². The standard InChI is InChI=1S/C23H27F3N4O4/c24-23(25,26)33-19-6-4-15(5-7-19)17-12-18(21-27-20(28-34-21)16-2-1-3-16)14-30(13-17)22(31)29-8-10-32-11-9-29/h4-7,16-18H,1-3,8-14H2. The number of halogens is 3. The third-order valence-corrected chi connectivity index (χ3v) is 6.86. The highest BCUT2D eigenvalue weighted by Gasteiger charge is 2.37. The molecule has 11 heteroatoms.